The van der Waals surface area contributed by atoms with E-state index in [0.717, 1.165) is 0 Å². The van der Waals surface area contributed by atoms with E-state index in [4.69, 9.17) is 5.73 Å². The molecule has 170 valence electrons. The third kappa shape index (κ3) is 5.66. The van der Waals surface area contributed by atoms with Crippen LogP contribution < -0.4 is 16.4 Å². The number of anilines is 2. The fourth-order valence-corrected chi connectivity index (χ4v) is 3.48. The number of hydrogen-bond acceptors (Lipinski definition) is 10. The van der Waals surface area contributed by atoms with Crippen LogP contribution in [-0.4, -0.2) is 48.9 Å². The summed E-state index contributed by atoms with van der Waals surface area (Å²) in [6.07, 6.45) is -1.10. The zero-order valence-corrected chi connectivity index (χ0v) is 17.7. The smallest absolute Gasteiger partial charge is 0.284 e. The van der Waals surface area contributed by atoms with Gasteiger partial charge in [-0.05, 0) is 17.7 Å². The molecule has 1 unspecified atom stereocenters. The van der Waals surface area contributed by atoms with Crippen LogP contribution in [0.4, 0.5) is 10.8 Å². The molecule has 1 aromatic heterocycles. The lowest BCUT2D eigenvalue weighted by atomic mass is 10.0. The van der Waals surface area contributed by atoms with Crippen LogP contribution in [0.1, 0.15) is 22.9 Å². The number of amides is 1. The maximum Gasteiger partial charge on any atom is 0.284 e. The molecule has 0 fully saturated rings. The summed E-state index contributed by atoms with van der Waals surface area (Å²) < 4.78 is 0. The molecule has 3 aromatic rings. The van der Waals surface area contributed by atoms with Crippen LogP contribution in [0.25, 0.3) is 0 Å². The number of aromatic nitrogens is 1. The fourth-order valence-electron chi connectivity index (χ4n) is 2.92. The van der Waals surface area contributed by atoms with Crippen molar-refractivity contribution in [3.8, 4) is 0 Å². The zero-order valence-electron chi connectivity index (χ0n) is 16.8. The maximum atomic E-state index is 12.1. The van der Waals surface area contributed by atoms with Crippen LogP contribution in [0.2, 0.25) is 0 Å². The fraction of sp³-hybridized carbons (Fsp3) is 0.238. The number of aliphatic hydroxyl groups is 5. The minimum Gasteiger partial charge on any atom is -0.387 e. The average Bonchev–Trinajstić information content (AvgIpc) is 3.17. The second-order valence-electron chi connectivity index (χ2n) is 7.13. The number of rotatable bonds is 9. The molecule has 1 atom stereocenters. The van der Waals surface area contributed by atoms with Gasteiger partial charge in [-0.2, -0.15) is 0 Å². The third-order valence-electron chi connectivity index (χ3n) is 4.69. The van der Waals surface area contributed by atoms with Gasteiger partial charge in [-0.15, -0.1) is 11.3 Å². The Bertz CT molecular complexity index is 1040. The van der Waals surface area contributed by atoms with Gasteiger partial charge in [0.1, 0.15) is 0 Å². The van der Waals surface area contributed by atoms with E-state index in [2.05, 4.69) is 15.6 Å². The molecule has 9 N–H and O–H groups in total. The summed E-state index contributed by atoms with van der Waals surface area (Å²) in [6.45, 7) is -0.366. The van der Waals surface area contributed by atoms with E-state index in [9.17, 15) is 30.3 Å². The summed E-state index contributed by atoms with van der Waals surface area (Å²) in [4.78, 5) is 16.1. The van der Waals surface area contributed by atoms with Crippen LogP contribution in [0.5, 0.6) is 0 Å². The molecule has 0 bridgehead atoms. The SMILES string of the molecule is Nc1nc(CC(=O)Nc2ccc(C(O)(O)C(O)(O)NCC(O)c3ccccc3)cc2)cs1. The first kappa shape index (κ1) is 23.8. The molecular weight excluding hydrogens is 436 g/mol. The first-order chi connectivity index (χ1) is 15.1. The van der Waals surface area contributed by atoms with Crippen LogP contribution in [0, 0.1) is 0 Å². The van der Waals surface area contributed by atoms with Gasteiger partial charge in [-0.3, -0.25) is 10.1 Å². The Morgan fingerprint density at radius 3 is 2.31 bits per heavy atom. The van der Waals surface area contributed by atoms with E-state index in [1.165, 1.54) is 35.6 Å². The Kier molecular flexibility index (Phi) is 7.21. The minimum atomic E-state index is -3.18. The number of carbonyl (C=O) groups is 1. The predicted octanol–water partition coefficient (Wildman–Crippen LogP) is 0.00550. The standard InChI is InChI=1S/C21H24N4O6S/c22-19-25-16(12-32-19)10-18(27)24-15-8-6-14(7-9-15)20(28,29)21(30,31)23-11-17(26)13-4-2-1-3-5-13/h1-9,12,17,23,26,28-31H,10-11H2,(H2,22,25)(H,24,27). The van der Waals surface area contributed by atoms with Crippen molar-refractivity contribution in [3.05, 3.63) is 76.8 Å². The van der Waals surface area contributed by atoms with Crippen molar-refractivity contribution in [3.63, 3.8) is 0 Å². The van der Waals surface area contributed by atoms with Crippen molar-refractivity contribution >= 4 is 28.1 Å². The van der Waals surface area contributed by atoms with Crippen molar-refractivity contribution in [2.45, 2.75) is 24.2 Å². The molecule has 32 heavy (non-hydrogen) atoms. The van der Waals surface area contributed by atoms with E-state index in [-0.39, 0.29) is 24.4 Å². The second-order valence-corrected chi connectivity index (χ2v) is 8.02. The summed E-state index contributed by atoms with van der Waals surface area (Å²) in [7, 11) is 0. The van der Waals surface area contributed by atoms with Crippen molar-refractivity contribution < 1.29 is 30.3 Å². The topological polar surface area (TPSA) is 181 Å². The van der Waals surface area contributed by atoms with Gasteiger partial charge in [0.05, 0.1) is 18.2 Å². The molecule has 0 saturated heterocycles. The molecular formula is C21H24N4O6S. The minimum absolute atomic E-state index is 0.0173. The van der Waals surface area contributed by atoms with E-state index in [0.29, 0.717) is 22.1 Å². The predicted molar refractivity (Wildman–Crippen MR) is 118 cm³/mol. The Morgan fingerprint density at radius 1 is 1.06 bits per heavy atom. The van der Waals surface area contributed by atoms with Gasteiger partial charge < -0.3 is 36.6 Å². The van der Waals surface area contributed by atoms with Crippen LogP contribution in [0.15, 0.2) is 60.0 Å². The molecule has 0 spiro atoms. The Balaban J connectivity index is 1.61. The highest BCUT2D eigenvalue weighted by molar-refractivity contribution is 7.13. The van der Waals surface area contributed by atoms with Crippen LogP contribution >= 0.6 is 11.3 Å². The van der Waals surface area contributed by atoms with Crippen molar-refractivity contribution in [1.29, 1.82) is 0 Å². The molecule has 1 heterocycles. The Hall–Kier alpha value is -2.90. The monoisotopic (exact) mass is 460 g/mol. The van der Waals surface area contributed by atoms with Gasteiger partial charge in [-0.25, -0.2) is 4.98 Å². The number of nitrogens with zero attached hydrogens (tertiary/aromatic N) is 1. The normalized spacial score (nSPS) is 13.0. The lowest BCUT2D eigenvalue weighted by Crippen LogP contribution is -2.62. The van der Waals surface area contributed by atoms with Crippen molar-refractivity contribution in [2.24, 2.45) is 0 Å². The highest BCUT2D eigenvalue weighted by Crippen LogP contribution is 2.28. The highest BCUT2D eigenvalue weighted by Gasteiger charge is 2.49. The summed E-state index contributed by atoms with van der Waals surface area (Å²) >= 11 is 1.23. The summed E-state index contributed by atoms with van der Waals surface area (Å²) in [5.41, 5.74) is 6.67. The molecule has 0 saturated carbocycles. The van der Waals surface area contributed by atoms with Gasteiger partial charge in [0, 0.05) is 23.2 Å². The molecule has 0 radical (unpaired) electrons. The molecule has 0 aliphatic rings. The number of thiazole rings is 1. The molecule has 3 rings (SSSR count). The van der Waals surface area contributed by atoms with E-state index in [1.54, 1.807) is 35.7 Å². The van der Waals surface area contributed by atoms with Gasteiger partial charge in [0.25, 0.3) is 11.7 Å². The third-order valence-corrected chi connectivity index (χ3v) is 5.42. The maximum absolute atomic E-state index is 12.1. The van der Waals surface area contributed by atoms with Crippen molar-refractivity contribution in [2.75, 3.05) is 17.6 Å². The van der Waals surface area contributed by atoms with Gasteiger partial charge in [0.15, 0.2) is 5.13 Å². The Morgan fingerprint density at radius 2 is 1.72 bits per heavy atom. The molecule has 0 aliphatic heterocycles. The first-order valence-corrected chi connectivity index (χ1v) is 10.4. The largest absolute Gasteiger partial charge is 0.387 e. The number of aliphatic hydroxyl groups excluding tert-OH is 1. The zero-order chi connectivity index (χ0) is 23.4. The molecule has 2 aromatic carbocycles. The molecule has 11 heteroatoms. The second kappa shape index (κ2) is 9.71. The Labute approximate surface area is 187 Å². The molecule has 10 nitrogen and oxygen atoms in total. The first-order valence-electron chi connectivity index (χ1n) is 9.56. The number of nitrogens with two attached hydrogens (primary N) is 1. The van der Waals surface area contributed by atoms with Crippen LogP contribution in [0.3, 0.4) is 0 Å². The molecule has 1 amide bonds. The number of carbonyl (C=O) groups excluding carboxylic acids is 1. The van der Waals surface area contributed by atoms with Crippen molar-refractivity contribution in [1.82, 2.24) is 10.3 Å². The number of hydrogen-bond donors (Lipinski definition) is 8. The summed E-state index contributed by atoms with van der Waals surface area (Å²) in [6, 6.07) is 13.6. The van der Waals surface area contributed by atoms with Gasteiger partial charge in [-0.1, -0.05) is 42.5 Å². The van der Waals surface area contributed by atoms with Gasteiger partial charge >= 0.3 is 0 Å². The van der Waals surface area contributed by atoms with E-state index < -0.39 is 17.8 Å². The van der Waals surface area contributed by atoms with Gasteiger partial charge in [0.2, 0.25) is 5.91 Å². The lowest BCUT2D eigenvalue weighted by molar-refractivity contribution is -0.379. The van der Waals surface area contributed by atoms with E-state index in [1.807, 2.05) is 0 Å². The average molecular weight is 461 g/mol. The van der Waals surface area contributed by atoms with Crippen LogP contribution in [-0.2, 0) is 17.0 Å². The highest BCUT2D eigenvalue weighted by atomic mass is 32.1. The number of nitrogen functional groups attached to an aromatic ring is 1. The summed E-state index contributed by atoms with van der Waals surface area (Å²) in [5.74, 6) is -6.65. The van der Waals surface area contributed by atoms with E-state index >= 15 is 0 Å². The number of benzene rings is 2. The quantitative estimate of drug-likeness (QED) is 0.204. The lowest BCUT2D eigenvalue weighted by Gasteiger charge is -2.36. The molecule has 0 aliphatic carbocycles. The number of nitrogens with one attached hydrogen (secondary N) is 2. The summed E-state index contributed by atoms with van der Waals surface area (Å²) in [5, 5.41) is 58.1.